The van der Waals surface area contributed by atoms with E-state index < -0.39 is 15.9 Å². The Hall–Kier alpha value is 0.510. The standard InChI is InChI=1S/C12H12Cl2O2S3/c1-18-11(17)12(7-16-4-5-19(12)15)8-2-3-9(13)10(14)6-8/h2-3,6H,4-5,7H2,1H3/t12-,19-/m0/s1. The van der Waals surface area contributed by atoms with Crippen molar-refractivity contribution in [3.63, 3.8) is 0 Å². The fraction of sp³-hybridized carbons (Fsp3) is 0.417. The van der Waals surface area contributed by atoms with Gasteiger partial charge in [0, 0.05) is 5.56 Å². The number of thiocarbonyl (C=S) groups is 1. The summed E-state index contributed by atoms with van der Waals surface area (Å²) in [4.78, 5) is 0. The van der Waals surface area contributed by atoms with Crippen LogP contribution in [0.5, 0.6) is 0 Å². The molecule has 1 aromatic carbocycles. The Morgan fingerprint density at radius 1 is 1.47 bits per heavy atom. The van der Waals surface area contributed by atoms with Gasteiger partial charge in [0.2, 0.25) is 4.75 Å². The lowest BCUT2D eigenvalue weighted by Crippen LogP contribution is -2.50. The van der Waals surface area contributed by atoms with Gasteiger partial charge in [-0.1, -0.05) is 41.5 Å². The van der Waals surface area contributed by atoms with Gasteiger partial charge in [0.1, 0.15) is 16.6 Å². The van der Waals surface area contributed by atoms with Crippen LogP contribution in [-0.4, -0.2) is 34.0 Å². The molecule has 0 aliphatic carbocycles. The van der Waals surface area contributed by atoms with Gasteiger partial charge in [-0.2, -0.15) is 0 Å². The van der Waals surface area contributed by atoms with Crippen molar-refractivity contribution in [2.75, 3.05) is 25.2 Å². The van der Waals surface area contributed by atoms with Gasteiger partial charge >= 0.3 is 0 Å². The van der Waals surface area contributed by atoms with E-state index >= 15 is 0 Å². The second-order valence-corrected chi connectivity index (χ2v) is 8.14. The molecule has 0 spiro atoms. The molecule has 1 aromatic rings. The Morgan fingerprint density at radius 2 is 2.21 bits per heavy atom. The van der Waals surface area contributed by atoms with Crippen molar-refractivity contribution in [1.82, 2.24) is 0 Å². The predicted octanol–water partition coefficient (Wildman–Crippen LogP) is 3.66. The molecular weight excluding hydrogens is 343 g/mol. The molecule has 1 aliphatic heterocycles. The first kappa shape index (κ1) is 15.9. The molecule has 1 saturated heterocycles. The molecule has 0 bridgehead atoms. The fourth-order valence-electron chi connectivity index (χ4n) is 1.99. The summed E-state index contributed by atoms with van der Waals surface area (Å²) in [6.07, 6.45) is 1.88. The summed E-state index contributed by atoms with van der Waals surface area (Å²) >= 11 is 17.7. The molecule has 1 aliphatic rings. The maximum atomic E-state index is 12.6. The highest BCUT2D eigenvalue weighted by atomic mass is 35.5. The zero-order valence-corrected chi connectivity index (χ0v) is 14.1. The van der Waals surface area contributed by atoms with E-state index in [9.17, 15) is 4.55 Å². The molecule has 0 aromatic heterocycles. The largest absolute Gasteiger partial charge is 0.615 e. The van der Waals surface area contributed by atoms with E-state index in [1.165, 1.54) is 11.8 Å². The number of rotatable bonds is 2. The number of hydrogen-bond acceptors (Lipinski definition) is 4. The summed E-state index contributed by atoms with van der Waals surface area (Å²) in [5, 5.41) is 0.906. The van der Waals surface area contributed by atoms with Crippen molar-refractivity contribution in [3.05, 3.63) is 33.8 Å². The molecule has 0 unspecified atom stereocenters. The number of hydrogen-bond donors (Lipinski definition) is 0. The van der Waals surface area contributed by atoms with Gasteiger partial charge in [0.25, 0.3) is 0 Å². The van der Waals surface area contributed by atoms with Crippen LogP contribution in [0.25, 0.3) is 0 Å². The molecule has 1 heterocycles. The van der Waals surface area contributed by atoms with Crippen LogP contribution in [0.3, 0.4) is 0 Å². The minimum Gasteiger partial charge on any atom is -0.615 e. The molecule has 2 nitrogen and oxygen atoms in total. The lowest BCUT2D eigenvalue weighted by Gasteiger charge is -2.38. The molecule has 1 fully saturated rings. The topological polar surface area (TPSA) is 32.3 Å². The first-order valence-electron chi connectivity index (χ1n) is 5.52. The smallest absolute Gasteiger partial charge is 0.214 e. The Morgan fingerprint density at radius 3 is 2.79 bits per heavy atom. The Balaban J connectivity index is 2.53. The summed E-state index contributed by atoms with van der Waals surface area (Å²) in [7, 11) is 0. The van der Waals surface area contributed by atoms with Crippen LogP contribution >= 0.6 is 47.2 Å². The molecule has 0 amide bonds. The van der Waals surface area contributed by atoms with E-state index in [4.69, 9.17) is 40.2 Å². The van der Waals surface area contributed by atoms with Gasteiger partial charge in [-0.05, 0) is 29.6 Å². The maximum absolute atomic E-state index is 12.6. The van der Waals surface area contributed by atoms with Crippen LogP contribution in [0.4, 0.5) is 0 Å². The molecule has 0 N–H and O–H groups in total. The van der Waals surface area contributed by atoms with Gasteiger partial charge < -0.3 is 9.29 Å². The summed E-state index contributed by atoms with van der Waals surface area (Å²) in [6.45, 7) is 0.809. The van der Waals surface area contributed by atoms with Gasteiger partial charge in [-0.15, -0.1) is 11.8 Å². The van der Waals surface area contributed by atoms with Crippen LogP contribution in [0.15, 0.2) is 18.2 Å². The van der Waals surface area contributed by atoms with Crippen LogP contribution in [0.1, 0.15) is 5.56 Å². The second-order valence-electron chi connectivity index (χ2n) is 4.05. The van der Waals surface area contributed by atoms with Crippen molar-refractivity contribution in [2.24, 2.45) is 0 Å². The normalized spacial score (nSPS) is 27.3. The van der Waals surface area contributed by atoms with Crippen molar-refractivity contribution in [1.29, 1.82) is 0 Å². The molecular formula is C12H12Cl2O2S3. The Kier molecular flexibility index (Phi) is 5.45. The predicted molar refractivity (Wildman–Crippen MR) is 88.1 cm³/mol. The van der Waals surface area contributed by atoms with Crippen molar-refractivity contribution in [2.45, 2.75) is 4.75 Å². The molecule has 0 radical (unpaired) electrons. The summed E-state index contributed by atoms with van der Waals surface area (Å²) in [5.74, 6) is 0.473. The highest BCUT2D eigenvalue weighted by Crippen LogP contribution is 2.41. The maximum Gasteiger partial charge on any atom is 0.214 e. The Labute approximate surface area is 135 Å². The van der Waals surface area contributed by atoms with E-state index in [-0.39, 0.29) is 0 Å². The first-order chi connectivity index (χ1) is 9.02. The van der Waals surface area contributed by atoms with Gasteiger partial charge in [-0.3, -0.25) is 0 Å². The minimum absolute atomic E-state index is 0.317. The van der Waals surface area contributed by atoms with Crippen LogP contribution in [0, 0.1) is 0 Å². The summed E-state index contributed by atoms with van der Waals surface area (Å²) in [6, 6.07) is 5.26. The lowest BCUT2D eigenvalue weighted by atomic mass is 10.0. The summed E-state index contributed by atoms with van der Waals surface area (Å²) < 4.78 is 18.0. The SMILES string of the molecule is CSC(=S)[C@@]1(c2ccc(Cl)c(Cl)c2)COCC[S@+]1[O-]. The van der Waals surface area contributed by atoms with Gasteiger partial charge in [0.15, 0.2) is 0 Å². The lowest BCUT2D eigenvalue weighted by molar-refractivity contribution is 0.126. The average molecular weight is 355 g/mol. The monoisotopic (exact) mass is 354 g/mol. The highest BCUT2D eigenvalue weighted by Gasteiger charge is 2.50. The zero-order chi connectivity index (χ0) is 14.0. The van der Waals surface area contributed by atoms with E-state index in [1.54, 1.807) is 12.1 Å². The molecule has 7 heteroatoms. The summed E-state index contributed by atoms with van der Waals surface area (Å²) in [5.41, 5.74) is 0.805. The Bertz CT molecular complexity index is 498. The van der Waals surface area contributed by atoms with Crippen LogP contribution < -0.4 is 0 Å². The van der Waals surface area contributed by atoms with E-state index in [0.717, 1.165) is 5.56 Å². The van der Waals surface area contributed by atoms with Crippen LogP contribution in [0.2, 0.25) is 10.0 Å². The third-order valence-corrected chi connectivity index (χ3v) is 7.45. The van der Waals surface area contributed by atoms with E-state index in [2.05, 4.69) is 0 Å². The molecule has 104 valence electrons. The van der Waals surface area contributed by atoms with Crippen molar-refractivity contribution >= 4 is 62.6 Å². The van der Waals surface area contributed by atoms with Crippen molar-refractivity contribution < 1.29 is 9.29 Å². The van der Waals surface area contributed by atoms with Crippen LogP contribution in [-0.2, 0) is 20.7 Å². The highest BCUT2D eigenvalue weighted by molar-refractivity contribution is 8.24. The molecule has 0 saturated carbocycles. The number of halogens is 2. The number of ether oxygens (including phenoxy) is 1. The first-order valence-corrected chi connectivity index (χ1v) is 9.23. The fourth-order valence-corrected chi connectivity index (χ4v) is 5.18. The second kappa shape index (κ2) is 6.52. The van der Waals surface area contributed by atoms with Gasteiger partial charge in [-0.25, -0.2) is 0 Å². The number of thioether (sulfide) groups is 1. The third kappa shape index (κ3) is 2.93. The number of benzene rings is 1. The molecule has 2 atom stereocenters. The quantitative estimate of drug-likeness (QED) is 0.599. The molecule has 19 heavy (non-hydrogen) atoms. The third-order valence-electron chi connectivity index (χ3n) is 3.01. The van der Waals surface area contributed by atoms with E-state index in [0.29, 0.717) is 33.2 Å². The zero-order valence-electron chi connectivity index (χ0n) is 10.2. The average Bonchev–Trinajstić information content (AvgIpc) is 2.42. The van der Waals surface area contributed by atoms with Crippen molar-refractivity contribution in [3.8, 4) is 0 Å². The van der Waals surface area contributed by atoms with E-state index in [1.807, 2.05) is 12.3 Å². The van der Waals surface area contributed by atoms with Gasteiger partial charge in [0.05, 0.1) is 16.7 Å². The molecule has 2 rings (SSSR count). The minimum atomic E-state index is -1.12.